The first-order valence-corrected chi connectivity index (χ1v) is 8.03. The summed E-state index contributed by atoms with van der Waals surface area (Å²) in [6.07, 6.45) is 1.95. The molecule has 1 aromatic rings. The number of primary amides is 1. The predicted octanol–water partition coefficient (Wildman–Crippen LogP) is 1.91. The van der Waals surface area contributed by atoms with E-state index in [1.54, 1.807) is 11.3 Å². The summed E-state index contributed by atoms with van der Waals surface area (Å²) in [4.78, 5) is 12.6. The molecule has 1 aromatic heterocycles. The van der Waals surface area contributed by atoms with Gasteiger partial charge in [0, 0.05) is 16.8 Å². The van der Waals surface area contributed by atoms with Crippen LogP contribution in [0, 0.1) is 11.8 Å². The van der Waals surface area contributed by atoms with Crippen molar-refractivity contribution in [1.82, 2.24) is 0 Å². The molecule has 0 aromatic carbocycles. The van der Waals surface area contributed by atoms with E-state index in [0.717, 1.165) is 17.7 Å². The fourth-order valence-corrected chi connectivity index (χ4v) is 2.95. The Labute approximate surface area is 125 Å². The number of carbonyl (C=O) groups excluding carboxylic acids is 1. The number of nitrogens with two attached hydrogens (primary N) is 2. The molecule has 5 N–H and O–H groups in total. The molecule has 0 fully saturated rings. The van der Waals surface area contributed by atoms with Gasteiger partial charge in [-0.1, -0.05) is 26.3 Å². The van der Waals surface area contributed by atoms with Gasteiger partial charge in [0.1, 0.15) is 0 Å². The third-order valence-corrected chi connectivity index (χ3v) is 4.43. The molecular formula is C15H26N2O2S. The molecular weight excluding hydrogens is 272 g/mol. The summed E-state index contributed by atoms with van der Waals surface area (Å²) in [5.74, 6) is -0.108. The van der Waals surface area contributed by atoms with Crippen molar-refractivity contribution in [2.24, 2.45) is 23.3 Å². The number of thiophene rings is 1. The highest BCUT2D eigenvalue weighted by atomic mass is 32.1. The molecule has 0 unspecified atom stereocenters. The monoisotopic (exact) mass is 298 g/mol. The van der Waals surface area contributed by atoms with Crippen molar-refractivity contribution in [1.29, 1.82) is 0 Å². The van der Waals surface area contributed by atoms with Crippen LogP contribution >= 0.6 is 11.3 Å². The average Bonchev–Trinajstić information content (AvgIpc) is 2.86. The Kier molecular flexibility index (Phi) is 7.19. The van der Waals surface area contributed by atoms with Crippen LogP contribution in [0.3, 0.4) is 0 Å². The molecule has 0 saturated heterocycles. The number of aliphatic hydroxyl groups is 1. The zero-order chi connectivity index (χ0) is 15.1. The quantitative estimate of drug-likeness (QED) is 0.650. The van der Waals surface area contributed by atoms with Crippen LogP contribution in [0.25, 0.3) is 0 Å². The minimum Gasteiger partial charge on any atom is -0.391 e. The molecule has 4 nitrogen and oxygen atoms in total. The van der Waals surface area contributed by atoms with E-state index in [0.29, 0.717) is 18.8 Å². The zero-order valence-electron chi connectivity index (χ0n) is 12.3. The number of hydrogen-bond acceptors (Lipinski definition) is 4. The van der Waals surface area contributed by atoms with Crippen LogP contribution in [0.2, 0.25) is 0 Å². The second kappa shape index (κ2) is 8.39. The Bertz CT molecular complexity index is 393. The van der Waals surface area contributed by atoms with Gasteiger partial charge in [-0.25, -0.2) is 0 Å². The molecule has 0 bridgehead atoms. The zero-order valence-corrected chi connectivity index (χ0v) is 13.1. The van der Waals surface area contributed by atoms with Crippen LogP contribution in [-0.2, 0) is 11.2 Å². The van der Waals surface area contributed by atoms with Gasteiger partial charge in [0.05, 0.1) is 6.10 Å². The Balaban J connectivity index is 2.47. The predicted molar refractivity (Wildman–Crippen MR) is 83.4 cm³/mol. The largest absolute Gasteiger partial charge is 0.391 e. The highest BCUT2D eigenvalue weighted by Crippen LogP contribution is 2.20. The van der Waals surface area contributed by atoms with Crippen LogP contribution in [0.1, 0.15) is 38.0 Å². The standard InChI is InChI=1S/C15H26N2O2S/c1-10(2)5-6-11(15(17)19)8-14(18)13(16)9-12-4-3-7-20-12/h3-4,7,10-11,13-14,18H,5-6,8-9,16H2,1-2H3,(H2,17,19)/t11-,13+,14+/m1/s1. The highest BCUT2D eigenvalue weighted by Gasteiger charge is 2.24. The van der Waals surface area contributed by atoms with E-state index in [4.69, 9.17) is 11.5 Å². The molecule has 1 heterocycles. The van der Waals surface area contributed by atoms with Gasteiger partial charge in [-0.05, 0) is 36.6 Å². The van der Waals surface area contributed by atoms with Gasteiger partial charge in [-0.3, -0.25) is 4.79 Å². The summed E-state index contributed by atoms with van der Waals surface area (Å²) in [6, 6.07) is 3.62. The molecule has 0 spiro atoms. The van der Waals surface area contributed by atoms with Crippen molar-refractivity contribution in [2.75, 3.05) is 0 Å². The first-order chi connectivity index (χ1) is 9.40. The molecule has 1 rings (SSSR count). The Morgan fingerprint density at radius 3 is 2.60 bits per heavy atom. The lowest BCUT2D eigenvalue weighted by molar-refractivity contribution is -0.123. The SMILES string of the molecule is CC(C)CC[C@H](C[C@H](O)[C@@H](N)Cc1cccs1)C(N)=O. The average molecular weight is 298 g/mol. The second-order valence-electron chi connectivity index (χ2n) is 5.82. The molecule has 1 amide bonds. The lowest BCUT2D eigenvalue weighted by atomic mass is 9.89. The van der Waals surface area contributed by atoms with Crippen molar-refractivity contribution in [3.8, 4) is 0 Å². The molecule has 0 saturated carbocycles. The van der Waals surface area contributed by atoms with E-state index in [1.165, 1.54) is 0 Å². The van der Waals surface area contributed by atoms with Gasteiger partial charge in [-0.2, -0.15) is 0 Å². The van der Waals surface area contributed by atoms with Crippen LogP contribution in [0.4, 0.5) is 0 Å². The number of hydrogen-bond donors (Lipinski definition) is 3. The van der Waals surface area contributed by atoms with Gasteiger partial charge >= 0.3 is 0 Å². The topological polar surface area (TPSA) is 89.3 Å². The number of aliphatic hydroxyl groups excluding tert-OH is 1. The summed E-state index contributed by atoms with van der Waals surface area (Å²) in [6.45, 7) is 4.22. The van der Waals surface area contributed by atoms with Gasteiger partial charge in [-0.15, -0.1) is 11.3 Å². The van der Waals surface area contributed by atoms with E-state index in [2.05, 4.69) is 13.8 Å². The lowest BCUT2D eigenvalue weighted by Crippen LogP contribution is -2.39. The number of carbonyl (C=O) groups is 1. The Morgan fingerprint density at radius 2 is 2.10 bits per heavy atom. The maximum Gasteiger partial charge on any atom is 0.220 e. The van der Waals surface area contributed by atoms with Crippen molar-refractivity contribution in [2.45, 2.75) is 51.7 Å². The molecule has 3 atom stereocenters. The van der Waals surface area contributed by atoms with Crippen molar-refractivity contribution < 1.29 is 9.90 Å². The van der Waals surface area contributed by atoms with E-state index in [-0.39, 0.29) is 17.9 Å². The van der Waals surface area contributed by atoms with Crippen LogP contribution in [-0.4, -0.2) is 23.2 Å². The van der Waals surface area contributed by atoms with Crippen LogP contribution in [0.15, 0.2) is 17.5 Å². The highest BCUT2D eigenvalue weighted by molar-refractivity contribution is 7.09. The first kappa shape index (κ1) is 17.1. The summed E-state index contributed by atoms with van der Waals surface area (Å²) < 4.78 is 0. The van der Waals surface area contributed by atoms with E-state index in [9.17, 15) is 9.90 Å². The molecule has 0 radical (unpaired) electrons. The minimum atomic E-state index is -0.693. The van der Waals surface area contributed by atoms with Gasteiger partial charge in [0.25, 0.3) is 0 Å². The molecule has 0 aliphatic heterocycles. The Hall–Kier alpha value is -0.910. The van der Waals surface area contributed by atoms with Crippen LogP contribution in [0.5, 0.6) is 0 Å². The normalized spacial score (nSPS) is 16.1. The Morgan fingerprint density at radius 1 is 1.40 bits per heavy atom. The van der Waals surface area contributed by atoms with Crippen LogP contribution < -0.4 is 11.5 Å². The molecule has 5 heteroatoms. The molecule has 114 valence electrons. The smallest absolute Gasteiger partial charge is 0.220 e. The van der Waals surface area contributed by atoms with Gasteiger partial charge in [0.2, 0.25) is 5.91 Å². The summed E-state index contributed by atoms with van der Waals surface area (Å²) in [5.41, 5.74) is 11.4. The van der Waals surface area contributed by atoms with Crippen molar-refractivity contribution in [3.63, 3.8) is 0 Å². The molecule has 0 aliphatic rings. The third kappa shape index (κ3) is 6.03. The number of rotatable bonds is 9. The van der Waals surface area contributed by atoms with Crippen molar-refractivity contribution >= 4 is 17.2 Å². The molecule has 0 aliphatic carbocycles. The number of amides is 1. The fraction of sp³-hybridized carbons (Fsp3) is 0.667. The van der Waals surface area contributed by atoms with Gasteiger partial charge < -0.3 is 16.6 Å². The van der Waals surface area contributed by atoms with Gasteiger partial charge in [0.15, 0.2) is 0 Å². The van der Waals surface area contributed by atoms with E-state index >= 15 is 0 Å². The second-order valence-corrected chi connectivity index (χ2v) is 6.85. The molecule has 20 heavy (non-hydrogen) atoms. The van der Waals surface area contributed by atoms with E-state index in [1.807, 2.05) is 17.5 Å². The maximum absolute atomic E-state index is 11.5. The third-order valence-electron chi connectivity index (χ3n) is 3.53. The summed E-state index contributed by atoms with van der Waals surface area (Å²) >= 11 is 1.63. The fourth-order valence-electron chi connectivity index (χ4n) is 2.17. The summed E-state index contributed by atoms with van der Waals surface area (Å²) in [7, 11) is 0. The first-order valence-electron chi connectivity index (χ1n) is 7.15. The minimum absolute atomic E-state index is 0.290. The maximum atomic E-state index is 11.5. The summed E-state index contributed by atoms with van der Waals surface area (Å²) in [5, 5.41) is 12.2. The lowest BCUT2D eigenvalue weighted by Gasteiger charge is -2.22. The van der Waals surface area contributed by atoms with Crippen molar-refractivity contribution in [3.05, 3.63) is 22.4 Å². The van der Waals surface area contributed by atoms with E-state index < -0.39 is 6.10 Å².